The maximum atomic E-state index is 12.8. The number of piperidine rings is 1. The van der Waals surface area contributed by atoms with Crippen LogP contribution in [0.15, 0.2) is 66.7 Å². The molecule has 29 heavy (non-hydrogen) atoms. The summed E-state index contributed by atoms with van der Waals surface area (Å²) in [5.41, 5.74) is 2.03. The minimum atomic E-state index is -0.530. The highest BCUT2D eigenvalue weighted by molar-refractivity contribution is 5.94. The molecule has 1 unspecified atom stereocenters. The van der Waals surface area contributed by atoms with Crippen molar-refractivity contribution in [3.05, 3.63) is 66.7 Å². The maximum absolute atomic E-state index is 12.8. The Balaban J connectivity index is 1.40. The molecule has 4 rings (SSSR count). The summed E-state index contributed by atoms with van der Waals surface area (Å²) < 4.78 is 6.00. The molecule has 1 saturated heterocycles. The summed E-state index contributed by atoms with van der Waals surface area (Å²) in [6.07, 6.45) is 3.90. The van der Waals surface area contributed by atoms with Crippen LogP contribution in [0.1, 0.15) is 32.6 Å². The Kier molecular flexibility index (Phi) is 5.99. The summed E-state index contributed by atoms with van der Waals surface area (Å²) in [6, 6.07) is 22.2. The molecule has 1 aliphatic rings. The number of nitrogens with one attached hydrogen (secondary N) is 1. The Morgan fingerprint density at radius 1 is 0.966 bits per heavy atom. The van der Waals surface area contributed by atoms with Crippen molar-refractivity contribution < 1.29 is 9.53 Å². The van der Waals surface area contributed by atoms with Crippen LogP contribution in [0.25, 0.3) is 10.8 Å². The molecule has 1 N–H and O–H groups in total. The van der Waals surface area contributed by atoms with Crippen LogP contribution in [0.3, 0.4) is 0 Å². The van der Waals surface area contributed by atoms with Crippen molar-refractivity contribution in [1.82, 2.24) is 0 Å². The average molecular weight is 389 g/mol. The van der Waals surface area contributed by atoms with E-state index in [1.165, 1.54) is 24.9 Å². The lowest BCUT2D eigenvalue weighted by molar-refractivity contribution is -0.122. The van der Waals surface area contributed by atoms with E-state index in [9.17, 15) is 4.79 Å². The molecular weight excluding hydrogens is 360 g/mol. The predicted molar refractivity (Wildman–Crippen MR) is 120 cm³/mol. The third-order valence-corrected chi connectivity index (χ3v) is 5.52. The van der Waals surface area contributed by atoms with E-state index in [4.69, 9.17) is 4.74 Å². The van der Waals surface area contributed by atoms with Gasteiger partial charge in [0.1, 0.15) is 5.75 Å². The summed E-state index contributed by atoms with van der Waals surface area (Å²) in [5, 5.41) is 5.26. The zero-order chi connectivity index (χ0) is 20.1. The van der Waals surface area contributed by atoms with E-state index in [2.05, 4.69) is 28.4 Å². The summed E-state index contributed by atoms with van der Waals surface area (Å²) in [4.78, 5) is 15.2. The van der Waals surface area contributed by atoms with Gasteiger partial charge in [0.25, 0.3) is 5.91 Å². The van der Waals surface area contributed by atoms with Crippen molar-refractivity contribution in [3.8, 4) is 5.75 Å². The minimum Gasteiger partial charge on any atom is -0.481 e. The molecule has 1 amide bonds. The number of anilines is 2. The number of nitrogens with zero attached hydrogens (tertiary/aromatic N) is 1. The average Bonchev–Trinajstić information content (AvgIpc) is 2.78. The smallest absolute Gasteiger partial charge is 0.265 e. The first-order chi connectivity index (χ1) is 14.2. The van der Waals surface area contributed by atoms with Crippen molar-refractivity contribution in [2.75, 3.05) is 23.3 Å². The molecule has 0 bridgehead atoms. The zero-order valence-electron chi connectivity index (χ0n) is 16.9. The number of rotatable bonds is 6. The number of carbonyl (C=O) groups is 1. The number of fused-ring (bicyclic) bond motifs is 1. The van der Waals surface area contributed by atoms with Gasteiger partial charge < -0.3 is 15.0 Å². The van der Waals surface area contributed by atoms with Crippen LogP contribution >= 0.6 is 0 Å². The van der Waals surface area contributed by atoms with E-state index in [1.54, 1.807) is 0 Å². The monoisotopic (exact) mass is 388 g/mol. The molecule has 1 fully saturated rings. The SMILES string of the molecule is CCC(Oc1ccc2ccccc2c1)C(=O)Nc1ccc(N2CCCCC2)cc1. The fourth-order valence-electron chi connectivity index (χ4n) is 3.86. The number of ether oxygens (including phenoxy) is 1. The minimum absolute atomic E-state index is 0.119. The van der Waals surface area contributed by atoms with Gasteiger partial charge >= 0.3 is 0 Å². The van der Waals surface area contributed by atoms with Crippen molar-refractivity contribution >= 4 is 28.1 Å². The molecule has 0 aromatic heterocycles. The predicted octanol–water partition coefficient (Wildman–Crippen LogP) is 5.63. The van der Waals surface area contributed by atoms with Crippen LogP contribution in [-0.4, -0.2) is 25.1 Å². The Morgan fingerprint density at radius 3 is 2.41 bits per heavy atom. The lowest BCUT2D eigenvalue weighted by atomic mass is 10.1. The first kappa shape index (κ1) is 19.3. The number of hydrogen-bond donors (Lipinski definition) is 1. The lowest BCUT2D eigenvalue weighted by Crippen LogP contribution is -2.32. The van der Waals surface area contributed by atoms with Gasteiger partial charge in [0, 0.05) is 24.5 Å². The van der Waals surface area contributed by atoms with Gasteiger partial charge in [-0.15, -0.1) is 0 Å². The number of amides is 1. The lowest BCUT2D eigenvalue weighted by Gasteiger charge is -2.28. The van der Waals surface area contributed by atoms with E-state index in [0.29, 0.717) is 12.2 Å². The molecule has 4 nitrogen and oxygen atoms in total. The van der Waals surface area contributed by atoms with Gasteiger partial charge in [-0.3, -0.25) is 4.79 Å². The van der Waals surface area contributed by atoms with Crippen LogP contribution in [0.5, 0.6) is 5.75 Å². The molecule has 3 aromatic rings. The topological polar surface area (TPSA) is 41.6 Å². The molecule has 0 spiro atoms. The first-order valence-corrected chi connectivity index (χ1v) is 10.5. The molecule has 1 heterocycles. The van der Waals surface area contributed by atoms with Crippen molar-refractivity contribution in [2.45, 2.75) is 38.7 Å². The van der Waals surface area contributed by atoms with Gasteiger partial charge in [0.15, 0.2) is 6.10 Å². The largest absolute Gasteiger partial charge is 0.481 e. The van der Waals surface area contributed by atoms with Crippen molar-refractivity contribution in [3.63, 3.8) is 0 Å². The quantitative estimate of drug-likeness (QED) is 0.595. The second-order valence-electron chi connectivity index (χ2n) is 7.61. The fraction of sp³-hybridized carbons (Fsp3) is 0.320. The highest BCUT2D eigenvalue weighted by Gasteiger charge is 2.19. The van der Waals surface area contributed by atoms with Crippen LogP contribution in [0, 0.1) is 0 Å². The highest BCUT2D eigenvalue weighted by Crippen LogP contribution is 2.24. The molecule has 150 valence electrons. The normalized spacial score (nSPS) is 15.1. The molecule has 0 radical (unpaired) electrons. The fourth-order valence-corrected chi connectivity index (χ4v) is 3.86. The van der Waals surface area contributed by atoms with E-state index in [-0.39, 0.29) is 5.91 Å². The van der Waals surface area contributed by atoms with Gasteiger partial charge in [-0.2, -0.15) is 0 Å². The second-order valence-corrected chi connectivity index (χ2v) is 7.61. The summed E-state index contributed by atoms with van der Waals surface area (Å²) >= 11 is 0. The molecule has 1 aliphatic heterocycles. The van der Waals surface area contributed by atoms with Crippen molar-refractivity contribution in [1.29, 1.82) is 0 Å². The first-order valence-electron chi connectivity index (χ1n) is 10.5. The van der Waals surface area contributed by atoms with Crippen LogP contribution in [0.2, 0.25) is 0 Å². The summed E-state index contributed by atoms with van der Waals surface area (Å²) in [6.45, 7) is 4.19. The molecule has 4 heteroatoms. The molecule has 3 aromatic carbocycles. The van der Waals surface area contributed by atoms with Crippen LogP contribution in [-0.2, 0) is 4.79 Å². The number of carbonyl (C=O) groups excluding carboxylic acids is 1. The molecule has 0 saturated carbocycles. The summed E-state index contributed by atoms with van der Waals surface area (Å²) in [7, 11) is 0. The Labute approximate surface area is 172 Å². The van der Waals surface area contributed by atoms with Crippen LogP contribution < -0.4 is 15.0 Å². The third-order valence-electron chi connectivity index (χ3n) is 5.52. The second kappa shape index (κ2) is 8.99. The van der Waals surface area contributed by atoms with E-state index in [1.807, 2.05) is 55.5 Å². The van der Waals surface area contributed by atoms with Gasteiger partial charge in [0.2, 0.25) is 0 Å². The zero-order valence-corrected chi connectivity index (χ0v) is 16.9. The van der Waals surface area contributed by atoms with Gasteiger partial charge in [-0.05, 0) is 72.9 Å². The standard InChI is InChI=1S/C25H28N2O2/c1-2-24(29-23-15-10-19-8-4-5-9-20(19)18-23)25(28)26-21-11-13-22(14-12-21)27-16-6-3-7-17-27/h4-5,8-15,18,24H,2-3,6-7,16-17H2,1H3,(H,26,28). The van der Waals surface area contributed by atoms with Gasteiger partial charge in [0.05, 0.1) is 0 Å². The van der Waals surface area contributed by atoms with E-state index >= 15 is 0 Å². The molecule has 0 aliphatic carbocycles. The highest BCUT2D eigenvalue weighted by atomic mass is 16.5. The molecular formula is C25H28N2O2. The van der Waals surface area contributed by atoms with E-state index < -0.39 is 6.10 Å². The third kappa shape index (κ3) is 4.70. The van der Waals surface area contributed by atoms with Gasteiger partial charge in [-0.1, -0.05) is 37.3 Å². The number of hydrogen-bond acceptors (Lipinski definition) is 3. The van der Waals surface area contributed by atoms with Crippen LogP contribution in [0.4, 0.5) is 11.4 Å². The van der Waals surface area contributed by atoms with Gasteiger partial charge in [-0.25, -0.2) is 0 Å². The summed E-state index contributed by atoms with van der Waals surface area (Å²) in [5.74, 6) is 0.595. The van der Waals surface area contributed by atoms with E-state index in [0.717, 1.165) is 29.5 Å². The Morgan fingerprint density at radius 2 is 1.69 bits per heavy atom. The number of benzene rings is 3. The maximum Gasteiger partial charge on any atom is 0.265 e. The molecule has 1 atom stereocenters. The Bertz CT molecular complexity index is 962. The van der Waals surface area contributed by atoms with Crippen molar-refractivity contribution in [2.24, 2.45) is 0 Å². The Hall–Kier alpha value is -3.01.